The van der Waals surface area contributed by atoms with E-state index in [2.05, 4.69) is 6.92 Å². The summed E-state index contributed by atoms with van der Waals surface area (Å²) in [5.74, 6) is 0.567. The molecule has 2 aromatic carbocycles. The fraction of sp³-hybridized carbons (Fsp3) is 0.318. The third-order valence-corrected chi connectivity index (χ3v) is 6.44. The Hall–Kier alpha value is -1.77. The van der Waals surface area contributed by atoms with Crippen LogP contribution in [0.5, 0.6) is 0 Å². The summed E-state index contributed by atoms with van der Waals surface area (Å²) in [6.45, 7) is 2.07. The molecule has 1 saturated carbocycles. The first-order valence-corrected chi connectivity index (χ1v) is 9.81. The van der Waals surface area contributed by atoms with Crippen LogP contribution in [0.3, 0.4) is 0 Å². The van der Waals surface area contributed by atoms with Crippen LogP contribution >= 0.6 is 23.2 Å². The van der Waals surface area contributed by atoms with E-state index in [9.17, 15) is 9.90 Å². The average molecular weight is 387 g/mol. The number of fused-ring (bicyclic) bond motifs is 2. The van der Waals surface area contributed by atoms with Gasteiger partial charge in [-0.1, -0.05) is 48.3 Å². The van der Waals surface area contributed by atoms with E-state index in [-0.39, 0.29) is 23.4 Å². The predicted molar refractivity (Wildman–Crippen MR) is 107 cm³/mol. The minimum atomic E-state index is 0.0595. The highest BCUT2D eigenvalue weighted by molar-refractivity contribution is 6.42. The molecule has 4 rings (SSSR count). The van der Waals surface area contributed by atoms with Crippen molar-refractivity contribution in [3.05, 3.63) is 63.3 Å². The molecule has 1 N–H and O–H groups in total. The summed E-state index contributed by atoms with van der Waals surface area (Å²) in [4.78, 5) is 13.0. The maximum atomic E-state index is 13.0. The lowest BCUT2D eigenvalue weighted by atomic mass is 9.81. The van der Waals surface area contributed by atoms with Crippen LogP contribution in [-0.4, -0.2) is 10.9 Å². The van der Waals surface area contributed by atoms with E-state index in [1.807, 2.05) is 30.3 Å². The van der Waals surface area contributed by atoms with Gasteiger partial charge in [-0.05, 0) is 66.1 Å². The molecular formula is C22H20Cl2O2. The van der Waals surface area contributed by atoms with E-state index in [1.54, 1.807) is 6.07 Å². The molecule has 1 fully saturated rings. The average Bonchev–Trinajstić information content (AvgIpc) is 3.10. The van der Waals surface area contributed by atoms with Gasteiger partial charge < -0.3 is 5.11 Å². The highest BCUT2D eigenvalue weighted by Crippen LogP contribution is 2.46. The van der Waals surface area contributed by atoms with Crippen molar-refractivity contribution in [3.8, 4) is 11.1 Å². The maximum Gasteiger partial charge on any atom is 0.169 e. The maximum absolute atomic E-state index is 13.0. The summed E-state index contributed by atoms with van der Waals surface area (Å²) in [6, 6.07) is 11.6. The molecule has 0 aliphatic heterocycles. The molecule has 0 amide bonds. The number of hydrogen-bond acceptors (Lipinski definition) is 2. The van der Waals surface area contributed by atoms with Crippen LogP contribution < -0.4 is 0 Å². The summed E-state index contributed by atoms with van der Waals surface area (Å²) in [5.41, 5.74) is 4.36. The summed E-state index contributed by atoms with van der Waals surface area (Å²) in [7, 11) is 0. The van der Waals surface area contributed by atoms with Gasteiger partial charge in [-0.2, -0.15) is 0 Å². The van der Waals surface area contributed by atoms with Crippen molar-refractivity contribution >= 4 is 34.6 Å². The van der Waals surface area contributed by atoms with Gasteiger partial charge in [0.25, 0.3) is 0 Å². The number of rotatable bonds is 3. The quantitative estimate of drug-likeness (QED) is 0.654. The molecule has 0 unspecified atom stereocenters. The molecule has 0 heterocycles. The zero-order chi connectivity index (χ0) is 18.4. The standard InChI is InChI=1S/C22H20Cl2O2/c1-2-12-3-4-13(14-7-8-18(23)19(24)11-14)10-17(12)20-21(25)15-5-6-16(9-15)22(20)26/h3-4,7-8,10-11,15-16,25H,2,5-6,9H2,1H3/t15-,16+/m0/s1. The fourth-order valence-electron chi connectivity index (χ4n) is 4.25. The third-order valence-electron chi connectivity index (χ3n) is 5.71. The number of allylic oxidation sites excluding steroid dienone is 2. The zero-order valence-corrected chi connectivity index (χ0v) is 16.1. The summed E-state index contributed by atoms with van der Waals surface area (Å²) >= 11 is 12.2. The van der Waals surface area contributed by atoms with Crippen molar-refractivity contribution < 1.29 is 9.90 Å². The van der Waals surface area contributed by atoms with Gasteiger partial charge in [0.15, 0.2) is 5.78 Å². The second kappa shape index (κ2) is 6.75. The van der Waals surface area contributed by atoms with Crippen LogP contribution in [0.15, 0.2) is 42.2 Å². The number of carbonyl (C=O) groups is 1. The number of ketones is 1. The lowest BCUT2D eigenvalue weighted by Crippen LogP contribution is -2.22. The molecule has 2 aromatic rings. The first-order chi connectivity index (χ1) is 12.5. The number of hydrogen-bond donors (Lipinski definition) is 1. The number of benzene rings is 2. The molecule has 26 heavy (non-hydrogen) atoms. The van der Waals surface area contributed by atoms with Crippen molar-refractivity contribution in [2.24, 2.45) is 11.8 Å². The van der Waals surface area contributed by atoms with Crippen LogP contribution in [0.2, 0.25) is 10.0 Å². The smallest absolute Gasteiger partial charge is 0.169 e. The second-order valence-electron chi connectivity index (χ2n) is 7.19. The van der Waals surface area contributed by atoms with Crippen molar-refractivity contribution in [3.63, 3.8) is 0 Å². The molecule has 0 radical (unpaired) electrons. The lowest BCUT2D eigenvalue weighted by molar-refractivity contribution is -0.117. The normalized spacial score (nSPS) is 22.2. The van der Waals surface area contributed by atoms with Gasteiger partial charge in [-0.25, -0.2) is 0 Å². The van der Waals surface area contributed by atoms with Crippen molar-refractivity contribution in [2.45, 2.75) is 32.6 Å². The van der Waals surface area contributed by atoms with Gasteiger partial charge in [-0.15, -0.1) is 0 Å². The Labute approximate surface area is 163 Å². The van der Waals surface area contributed by atoms with Gasteiger partial charge in [0.1, 0.15) is 5.76 Å². The number of Topliss-reactive ketones (excluding diaryl/α,β-unsaturated/α-hetero) is 1. The number of halogens is 2. The van der Waals surface area contributed by atoms with E-state index in [0.29, 0.717) is 15.6 Å². The number of carbonyl (C=O) groups excluding carboxylic acids is 1. The van der Waals surface area contributed by atoms with Crippen LogP contribution in [-0.2, 0) is 11.2 Å². The van der Waals surface area contributed by atoms with E-state index in [0.717, 1.165) is 47.9 Å². The summed E-state index contributed by atoms with van der Waals surface area (Å²) < 4.78 is 0. The van der Waals surface area contributed by atoms with Gasteiger partial charge in [-0.3, -0.25) is 4.79 Å². The Bertz CT molecular complexity index is 930. The number of aliphatic hydroxyl groups excluding tert-OH is 1. The van der Waals surface area contributed by atoms with Crippen LogP contribution in [0.4, 0.5) is 0 Å². The molecule has 2 atom stereocenters. The molecule has 0 spiro atoms. The third kappa shape index (κ3) is 2.86. The summed E-state index contributed by atoms with van der Waals surface area (Å²) in [6.07, 6.45) is 3.38. The predicted octanol–water partition coefficient (Wildman–Crippen LogP) is 6.49. The Morgan fingerprint density at radius 2 is 1.69 bits per heavy atom. The van der Waals surface area contributed by atoms with Gasteiger partial charge in [0, 0.05) is 11.8 Å². The SMILES string of the molecule is CCc1ccc(-c2ccc(Cl)c(Cl)c2)cc1C1=C(O)[C@H]2CC[C@H](C2)C1=O. The number of aliphatic hydroxyl groups is 1. The first-order valence-electron chi connectivity index (χ1n) is 9.05. The Morgan fingerprint density at radius 1 is 1.00 bits per heavy atom. The van der Waals surface area contributed by atoms with Crippen LogP contribution in [0.25, 0.3) is 16.7 Å². The van der Waals surface area contributed by atoms with E-state index in [1.165, 1.54) is 0 Å². The second-order valence-corrected chi connectivity index (χ2v) is 8.00. The molecule has 134 valence electrons. The highest BCUT2D eigenvalue weighted by atomic mass is 35.5. The van der Waals surface area contributed by atoms with Gasteiger partial charge in [0.2, 0.25) is 0 Å². The van der Waals surface area contributed by atoms with E-state index in [4.69, 9.17) is 23.2 Å². The molecule has 0 aromatic heterocycles. The van der Waals surface area contributed by atoms with Crippen molar-refractivity contribution in [1.82, 2.24) is 0 Å². The van der Waals surface area contributed by atoms with E-state index >= 15 is 0 Å². The van der Waals surface area contributed by atoms with Gasteiger partial charge in [0.05, 0.1) is 15.6 Å². The van der Waals surface area contributed by atoms with Gasteiger partial charge >= 0.3 is 0 Å². The van der Waals surface area contributed by atoms with Crippen molar-refractivity contribution in [1.29, 1.82) is 0 Å². The number of aryl methyl sites for hydroxylation is 1. The topological polar surface area (TPSA) is 37.3 Å². The molecule has 0 saturated heterocycles. The first kappa shape index (κ1) is 17.6. The summed E-state index contributed by atoms with van der Waals surface area (Å²) in [5, 5.41) is 11.8. The Kier molecular flexibility index (Phi) is 4.58. The van der Waals surface area contributed by atoms with E-state index < -0.39 is 0 Å². The molecule has 2 aliphatic rings. The zero-order valence-electron chi connectivity index (χ0n) is 14.6. The van der Waals surface area contributed by atoms with Crippen LogP contribution in [0.1, 0.15) is 37.3 Å². The fourth-order valence-corrected chi connectivity index (χ4v) is 4.54. The highest BCUT2D eigenvalue weighted by Gasteiger charge is 2.41. The Morgan fingerprint density at radius 3 is 2.42 bits per heavy atom. The molecular weight excluding hydrogens is 367 g/mol. The molecule has 4 heteroatoms. The minimum Gasteiger partial charge on any atom is -0.511 e. The largest absolute Gasteiger partial charge is 0.511 e. The minimum absolute atomic E-state index is 0.0595. The molecule has 2 bridgehead atoms. The lowest BCUT2D eigenvalue weighted by Gasteiger charge is -2.23. The monoisotopic (exact) mass is 386 g/mol. The Balaban J connectivity index is 1.87. The van der Waals surface area contributed by atoms with Crippen molar-refractivity contribution in [2.75, 3.05) is 0 Å². The molecule has 2 aliphatic carbocycles. The molecule has 2 nitrogen and oxygen atoms in total. The van der Waals surface area contributed by atoms with Crippen LogP contribution in [0, 0.1) is 11.8 Å².